The van der Waals surface area contributed by atoms with E-state index in [0.29, 0.717) is 5.56 Å². The van der Waals surface area contributed by atoms with Crippen LogP contribution in [0.5, 0.6) is 46.0 Å². The third-order valence-electron chi connectivity index (χ3n) is 5.05. The monoisotopic (exact) mass is 442 g/mol. The standard InChI is InChI=1S/C22H18O10/c23-12-2-1-9-7-18(32-22(30)11-5-15(26)20(29)16(27)6-11)21(31-17(9)8-12)10-3-13(24)19(28)14(25)4-10/h1-6,8,18,21,23-29H,7H2. The van der Waals surface area contributed by atoms with Crippen molar-refractivity contribution < 1.29 is 50.0 Å². The Bertz CT molecular complexity index is 1170. The number of rotatable bonds is 3. The summed E-state index contributed by atoms with van der Waals surface area (Å²) in [5, 5.41) is 68.0. The Labute approximate surface area is 180 Å². The smallest absolute Gasteiger partial charge is 0.338 e. The number of phenols is 7. The summed E-state index contributed by atoms with van der Waals surface area (Å²) in [7, 11) is 0. The minimum Gasteiger partial charge on any atom is -0.508 e. The van der Waals surface area contributed by atoms with E-state index in [1.165, 1.54) is 12.1 Å². The van der Waals surface area contributed by atoms with E-state index in [0.717, 1.165) is 24.3 Å². The molecule has 3 aromatic rings. The number of hydrogen-bond acceptors (Lipinski definition) is 10. The molecule has 0 saturated heterocycles. The van der Waals surface area contributed by atoms with Gasteiger partial charge < -0.3 is 45.2 Å². The molecule has 0 spiro atoms. The molecule has 4 rings (SSSR count). The van der Waals surface area contributed by atoms with Crippen molar-refractivity contribution in [3.63, 3.8) is 0 Å². The zero-order valence-corrected chi connectivity index (χ0v) is 16.3. The van der Waals surface area contributed by atoms with Crippen LogP contribution in [0.3, 0.4) is 0 Å². The van der Waals surface area contributed by atoms with E-state index in [4.69, 9.17) is 9.47 Å². The van der Waals surface area contributed by atoms with Crippen molar-refractivity contribution in [1.29, 1.82) is 0 Å². The van der Waals surface area contributed by atoms with Crippen LogP contribution in [0.1, 0.15) is 27.6 Å². The molecule has 2 unspecified atom stereocenters. The van der Waals surface area contributed by atoms with Crippen molar-refractivity contribution in [3.05, 3.63) is 59.2 Å². The first-order valence-electron chi connectivity index (χ1n) is 9.33. The van der Waals surface area contributed by atoms with E-state index >= 15 is 0 Å². The van der Waals surface area contributed by atoms with Gasteiger partial charge in [-0.15, -0.1) is 0 Å². The highest BCUT2D eigenvalue weighted by Crippen LogP contribution is 2.43. The van der Waals surface area contributed by atoms with E-state index in [1.807, 2.05) is 0 Å². The third-order valence-corrected chi connectivity index (χ3v) is 5.05. The first-order chi connectivity index (χ1) is 15.1. The van der Waals surface area contributed by atoms with Gasteiger partial charge in [0.2, 0.25) is 0 Å². The van der Waals surface area contributed by atoms with Crippen molar-refractivity contribution in [1.82, 2.24) is 0 Å². The Morgan fingerprint density at radius 3 is 1.97 bits per heavy atom. The zero-order chi connectivity index (χ0) is 23.2. The van der Waals surface area contributed by atoms with Gasteiger partial charge in [0, 0.05) is 18.1 Å². The predicted octanol–water partition coefficient (Wildman–Crippen LogP) is 2.53. The second-order valence-electron chi connectivity index (χ2n) is 7.25. The maximum atomic E-state index is 12.7. The number of benzene rings is 3. The predicted molar refractivity (Wildman–Crippen MR) is 107 cm³/mol. The molecule has 1 aliphatic rings. The number of ether oxygens (including phenoxy) is 2. The van der Waals surface area contributed by atoms with Crippen LogP contribution in [-0.2, 0) is 11.2 Å². The molecule has 1 aliphatic heterocycles. The van der Waals surface area contributed by atoms with Gasteiger partial charge in [0.1, 0.15) is 17.6 Å². The Hall–Kier alpha value is -4.47. The maximum Gasteiger partial charge on any atom is 0.338 e. The number of phenolic OH excluding ortho intramolecular Hbond substituents is 7. The van der Waals surface area contributed by atoms with E-state index in [2.05, 4.69) is 0 Å². The molecular formula is C22H18O10. The molecule has 0 bridgehead atoms. The van der Waals surface area contributed by atoms with Gasteiger partial charge in [-0.05, 0) is 35.9 Å². The summed E-state index contributed by atoms with van der Waals surface area (Å²) in [4.78, 5) is 12.7. The van der Waals surface area contributed by atoms with Crippen LogP contribution in [-0.4, -0.2) is 47.8 Å². The number of carbonyl (C=O) groups is 1. The summed E-state index contributed by atoms with van der Waals surface area (Å²) in [6, 6.07) is 8.46. The van der Waals surface area contributed by atoms with Gasteiger partial charge in [0.05, 0.1) is 5.56 Å². The van der Waals surface area contributed by atoms with Crippen molar-refractivity contribution >= 4 is 5.97 Å². The average Bonchev–Trinajstić information content (AvgIpc) is 2.74. The lowest BCUT2D eigenvalue weighted by Crippen LogP contribution is -2.34. The van der Waals surface area contributed by atoms with Crippen LogP contribution >= 0.6 is 0 Å². The van der Waals surface area contributed by atoms with Crippen LogP contribution in [0.4, 0.5) is 0 Å². The molecule has 0 aliphatic carbocycles. The van der Waals surface area contributed by atoms with Crippen molar-refractivity contribution in [2.24, 2.45) is 0 Å². The largest absolute Gasteiger partial charge is 0.508 e. The first kappa shape index (κ1) is 20.8. The summed E-state index contributed by atoms with van der Waals surface area (Å²) in [5.41, 5.74) is 0.519. The fraction of sp³-hybridized carbons (Fsp3) is 0.136. The lowest BCUT2D eigenvalue weighted by atomic mass is 9.94. The second-order valence-corrected chi connectivity index (χ2v) is 7.25. The first-order valence-corrected chi connectivity index (χ1v) is 9.33. The van der Waals surface area contributed by atoms with Gasteiger partial charge in [-0.3, -0.25) is 0 Å². The normalized spacial score (nSPS) is 17.2. The van der Waals surface area contributed by atoms with E-state index in [1.54, 1.807) is 6.07 Å². The molecule has 166 valence electrons. The summed E-state index contributed by atoms with van der Waals surface area (Å²) < 4.78 is 11.4. The minimum absolute atomic E-state index is 0.0654. The highest BCUT2D eigenvalue weighted by molar-refractivity contribution is 5.91. The number of carbonyl (C=O) groups excluding carboxylic acids is 1. The van der Waals surface area contributed by atoms with Crippen LogP contribution in [0.15, 0.2) is 42.5 Å². The summed E-state index contributed by atoms with van der Waals surface area (Å²) in [6.45, 7) is 0. The Morgan fingerprint density at radius 2 is 1.38 bits per heavy atom. The van der Waals surface area contributed by atoms with E-state index < -0.39 is 52.7 Å². The molecule has 7 N–H and O–H groups in total. The molecule has 2 atom stereocenters. The van der Waals surface area contributed by atoms with E-state index in [-0.39, 0.29) is 29.0 Å². The number of fused-ring (bicyclic) bond motifs is 1. The van der Waals surface area contributed by atoms with Gasteiger partial charge in [-0.2, -0.15) is 0 Å². The highest BCUT2D eigenvalue weighted by atomic mass is 16.6. The SMILES string of the molecule is O=C(OC1Cc2ccc(O)cc2OC1c1cc(O)c(O)c(O)c1)c1cc(O)c(O)c(O)c1. The lowest BCUT2D eigenvalue weighted by Gasteiger charge is -2.33. The molecule has 3 aromatic carbocycles. The fourth-order valence-electron chi connectivity index (χ4n) is 3.46. The number of hydrogen-bond donors (Lipinski definition) is 7. The lowest BCUT2D eigenvalue weighted by molar-refractivity contribution is -0.0184. The van der Waals surface area contributed by atoms with Crippen molar-refractivity contribution in [3.8, 4) is 46.0 Å². The Balaban J connectivity index is 1.72. The fourth-order valence-corrected chi connectivity index (χ4v) is 3.46. The van der Waals surface area contributed by atoms with E-state index in [9.17, 15) is 40.5 Å². The zero-order valence-electron chi connectivity index (χ0n) is 16.3. The molecular weight excluding hydrogens is 424 g/mol. The molecule has 0 radical (unpaired) electrons. The highest BCUT2D eigenvalue weighted by Gasteiger charge is 2.36. The molecule has 10 heteroatoms. The molecule has 32 heavy (non-hydrogen) atoms. The van der Waals surface area contributed by atoms with Crippen molar-refractivity contribution in [2.75, 3.05) is 0 Å². The van der Waals surface area contributed by atoms with Crippen LogP contribution in [0, 0.1) is 0 Å². The minimum atomic E-state index is -1.06. The molecule has 0 amide bonds. The van der Waals surface area contributed by atoms with Gasteiger partial charge in [0.25, 0.3) is 0 Å². The molecule has 0 aromatic heterocycles. The van der Waals surface area contributed by atoms with Gasteiger partial charge in [0.15, 0.2) is 40.6 Å². The third kappa shape index (κ3) is 3.69. The van der Waals surface area contributed by atoms with Crippen LogP contribution in [0.25, 0.3) is 0 Å². The molecule has 0 saturated carbocycles. The molecule has 1 heterocycles. The summed E-state index contributed by atoms with van der Waals surface area (Å²) >= 11 is 0. The van der Waals surface area contributed by atoms with Gasteiger partial charge in [-0.1, -0.05) is 6.07 Å². The van der Waals surface area contributed by atoms with Gasteiger partial charge in [-0.25, -0.2) is 4.79 Å². The van der Waals surface area contributed by atoms with Crippen molar-refractivity contribution in [2.45, 2.75) is 18.6 Å². The topological polar surface area (TPSA) is 177 Å². The summed E-state index contributed by atoms with van der Waals surface area (Å²) in [6.07, 6.45) is -1.96. The summed E-state index contributed by atoms with van der Waals surface area (Å²) in [5.74, 6) is -4.93. The van der Waals surface area contributed by atoms with Gasteiger partial charge >= 0.3 is 5.97 Å². The maximum absolute atomic E-state index is 12.7. The number of esters is 1. The second kappa shape index (κ2) is 7.65. The average molecular weight is 442 g/mol. The van der Waals surface area contributed by atoms with Crippen LogP contribution < -0.4 is 4.74 Å². The molecule has 10 nitrogen and oxygen atoms in total. The van der Waals surface area contributed by atoms with Crippen LogP contribution in [0.2, 0.25) is 0 Å². The Morgan fingerprint density at radius 1 is 0.812 bits per heavy atom. The molecule has 0 fully saturated rings. The Kier molecular flexibility index (Phi) is 4.97. The number of aromatic hydroxyl groups is 7. The quantitative estimate of drug-likeness (QED) is 0.235.